The van der Waals surface area contributed by atoms with Crippen molar-refractivity contribution in [2.75, 3.05) is 39.5 Å². The first-order chi connectivity index (χ1) is 18.5. The van der Waals surface area contributed by atoms with Gasteiger partial charge in [0, 0.05) is 12.2 Å². The highest BCUT2D eigenvalue weighted by Crippen LogP contribution is 2.49. The molecule has 0 rings (SSSR count). The second-order valence-electron chi connectivity index (χ2n) is 11.1. The molecule has 12 heteroatoms. The topological polar surface area (TPSA) is 156 Å². The molecular weight excluding hydrogens is 524 g/mol. The number of amides is 2. The quantitative estimate of drug-likeness (QED) is 0.114. The van der Waals surface area contributed by atoms with Crippen LogP contribution in [0.2, 0.25) is 0 Å². The van der Waals surface area contributed by atoms with Crippen molar-refractivity contribution in [3.05, 3.63) is 25.3 Å². The monoisotopic (exact) mass is 570 g/mol. The number of carbonyl (C=O) groups excluding carboxylic acids is 5. The van der Waals surface area contributed by atoms with E-state index >= 15 is 0 Å². The minimum Gasteiger partial charge on any atom is -0.461 e. The van der Waals surface area contributed by atoms with Gasteiger partial charge in [-0.1, -0.05) is 54.7 Å². The van der Waals surface area contributed by atoms with Gasteiger partial charge in [-0.25, -0.2) is 19.2 Å². The standard InChI is InChI=1S/C28H46N2O10/c1-10-21(31)36-15-13-29-24(34)39-18-20(40-25(35)30-14-16-37-22(32)11-2)17-38-23(33)28(9,19-26(4,5)6)27(7,8)12-3/h10-11,20H,1-2,12-19H2,3-9H3,(H,29,34)(H,30,35). The summed E-state index contributed by atoms with van der Waals surface area (Å²) < 4.78 is 25.6. The molecule has 0 radical (unpaired) electrons. The first kappa shape index (κ1) is 36.4. The second kappa shape index (κ2) is 17.2. The summed E-state index contributed by atoms with van der Waals surface area (Å²) in [7, 11) is 0. The fraction of sp³-hybridized carbons (Fsp3) is 0.679. The van der Waals surface area contributed by atoms with Crippen LogP contribution in [0.4, 0.5) is 9.59 Å². The highest BCUT2D eigenvalue weighted by molar-refractivity contribution is 5.81. The molecule has 228 valence electrons. The molecule has 12 nitrogen and oxygen atoms in total. The minimum atomic E-state index is -1.15. The predicted octanol–water partition coefficient (Wildman–Crippen LogP) is 3.69. The van der Waals surface area contributed by atoms with E-state index in [9.17, 15) is 24.0 Å². The van der Waals surface area contributed by atoms with E-state index in [4.69, 9.17) is 23.7 Å². The molecule has 0 saturated heterocycles. The van der Waals surface area contributed by atoms with Crippen molar-refractivity contribution < 1.29 is 47.7 Å². The zero-order valence-electron chi connectivity index (χ0n) is 24.9. The highest BCUT2D eigenvalue weighted by Gasteiger charge is 2.49. The van der Waals surface area contributed by atoms with Crippen LogP contribution in [0.3, 0.4) is 0 Å². The average Bonchev–Trinajstić information content (AvgIpc) is 2.88. The molecule has 0 aromatic rings. The maximum absolute atomic E-state index is 13.4. The predicted molar refractivity (Wildman–Crippen MR) is 147 cm³/mol. The molecule has 2 amide bonds. The zero-order valence-corrected chi connectivity index (χ0v) is 24.9. The Kier molecular flexibility index (Phi) is 15.7. The normalized spacial score (nSPS) is 13.5. The van der Waals surface area contributed by atoms with E-state index in [1.165, 1.54) is 0 Å². The molecule has 0 heterocycles. The van der Waals surface area contributed by atoms with Crippen molar-refractivity contribution in [1.82, 2.24) is 10.6 Å². The highest BCUT2D eigenvalue weighted by atomic mass is 16.6. The van der Waals surface area contributed by atoms with Crippen LogP contribution in [-0.4, -0.2) is 75.7 Å². The van der Waals surface area contributed by atoms with Crippen molar-refractivity contribution >= 4 is 30.1 Å². The van der Waals surface area contributed by atoms with Gasteiger partial charge in [-0.3, -0.25) is 4.79 Å². The summed E-state index contributed by atoms with van der Waals surface area (Å²) in [5.41, 5.74) is -1.44. The molecule has 0 saturated carbocycles. The van der Waals surface area contributed by atoms with Crippen molar-refractivity contribution in [3.8, 4) is 0 Å². The van der Waals surface area contributed by atoms with Crippen LogP contribution < -0.4 is 10.6 Å². The Labute approximate surface area is 237 Å². The van der Waals surface area contributed by atoms with E-state index in [-0.39, 0.29) is 38.3 Å². The fourth-order valence-electron chi connectivity index (χ4n) is 3.62. The average molecular weight is 571 g/mol. The first-order valence-corrected chi connectivity index (χ1v) is 13.1. The molecule has 2 atom stereocenters. The zero-order chi connectivity index (χ0) is 31.0. The smallest absolute Gasteiger partial charge is 0.407 e. The van der Waals surface area contributed by atoms with Gasteiger partial charge in [-0.2, -0.15) is 0 Å². The van der Waals surface area contributed by atoms with E-state index < -0.39 is 53.6 Å². The maximum atomic E-state index is 13.4. The van der Waals surface area contributed by atoms with Crippen LogP contribution in [0.15, 0.2) is 25.3 Å². The summed E-state index contributed by atoms with van der Waals surface area (Å²) in [6, 6.07) is 0. The van der Waals surface area contributed by atoms with Crippen molar-refractivity contribution in [2.24, 2.45) is 16.2 Å². The lowest BCUT2D eigenvalue weighted by molar-refractivity contribution is -0.169. The first-order valence-electron chi connectivity index (χ1n) is 13.1. The van der Waals surface area contributed by atoms with E-state index in [0.717, 1.165) is 18.6 Å². The Hall–Kier alpha value is -3.57. The van der Waals surface area contributed by atoms with Crippen LogP contribution in [0.5, 0.6) is 0 Å². The van der Waals surface area contributed by atoms with Crippen LogP contribution in [-0.2, 0) is 38.1 Å². The van der Waals surface area contributed by atoms with Gasteiger partial charge in [-0.05, 0) is 30.6 Å². The summed E-state index contributed by atoms with van der Waals surface area (Å²) in [6.07, 6.45) is 0.334. The SMILES string of the molecule is C=CC(=O)OCCNC(=O)OCC(COC(=O)C(C)(CC(C)(C)C)C(C)(C)CC)OC(=O)NCCOC(=O)C=C. The van der Waals surface area contributed by atoms with Gasteiger partial charge in [-0.15, -0.1) is 0 Å². The molecule has 0 aliphatic heterocycles. The summed E-state index contributed by atoms with van der Waals surface area (Å²) in [5, 5.41) is 4.77. The number of carbonyl (C=O) groups is 5. The van der Waals surface area contributed by atoms with Gasteiger partial charge in [0.1, 0.15) is 26.4 Å². The number of alkyl carbamates (subject to hydrolysis) is 2. The number of hydrogen-bond donors (Lipinski definition) is 2. The number of ether oxygens (including phenoxy) is 5. The minimum absolute atomic E-state index is 0.0277. The summed E-state index contributed by atoms with van der Waals surface area (Å²) >= 11 is 0. The molecule has 2 N–H and O–H groups in total. The van der Waals surface area contributed by atoms with Crippen molar-refractivity contribution in [2.45, 2.75) is 67.4 Å². The molecular formula is C28H46N2O10. The molecule has 0 aromatic heterocycles. The third kappa shape index (κ3) is 14.0. The Morgan fingerprint density at radius 2 is 1.23 bits per heavy atom. The maximum Gasteiger partial charge on any atom is 0.407 e. The number of esters is 3. The van der Waals surface area contributed by atoms with Gasteiger partial charge in [0.05, 0.1) is 18.5 Å². The van der Waals surface area contributed by atoms with E-state index in [2.05, 4.69) is 23.8 Å². The Balaban J connectivity index is 5.33. The second-order valence-corrected chi connectivity index (χ2v) is 11.1. The van der Waals surface area contributed by atoms with Gasteiger partial charge >= 0.3 is 30.1 Å². The van der Waals surface area contributed by atoms with E-state index in [1.54, 1.807) is 0 Å². The third-order valence-electron chi connectivity index (χ3n) is 6.35. The number of rotatable bonds is 17. The summed E-state index contributed by atoms with van der Waals surface area (Å²) in [6.45, 7) is 19.4. The molecule has 2 unspecified atom stereocenters. The van der Waals surface area contributed by atoms with Crippen LogP contribution >= 0.6 is 0 Å². The number of hydrogen-bond acceptors (Lipinski definition) is 10. The van der Waals surface area contributed by atoms with E-state index in [1.807, 2.05) is 48.5 Å². The number of nitrogens with one attached hydrogen (secondary N) is 2. The van der Waals surface area contributed by atoms with Gasteiger partial charge in [0.2, 0.25) is 0 Å². The molecule has 0 aromatic carbocycles. The Bertz CT molecular complexity index is 894. The van der Waals surface area contributed by atoms with Crippen LogP contribution in [0.1, 0.15) is 61.3 Å². The van der Waals surface area contributed by atoms with Crippen molar-refractivity contribution in [3.63, 3.8) is 0 Å². The Morgan fingerprint density at radius 1 is 0.750 bits per heavy atom. The lowest BCUT2D eigenvalue weighted by Gasteiger charge is -2.45. The van der Waals surface area contributed by atoms with Crippen LogP contribution in [0, 0.1) is 16.2 Å². The molecule has 40 heavy (non-hydrogen) atoms. The molecule has 0 fully saturated rings. The van der Waals surface area contributed by atoms with E-state index in [0.29, 0.717) is 6.42 Å². The molecule has 0 spiro atoms. The van der Waals surface area contributed by atoms with Crippen LogP contribution in [0.25, 0.3) is 0 Å². The van der Waals surface area contributed by atoms with Crippen molar-refractivity contribution in [1.29, 1.82) is 0 Å². The van der Waals surface area contributed by atoms with Gasteiger partial charge < -0.3 is 34.3 Å². The van der Waals surface area contributed by atoms with Gasteiger partial charge in [0.15, 0.2) is 6.10 Å². The summed E-state index contributed by atoms with van der Waals surface area (Å²) in [5.74, 6) is -1.75. The lowest BCUT2D eigenvalue weighted by atomic mass is 9.59. The molecule has 0 aliphatic rings. The molecule has 0 aliphatic carbocycles. The fourth-order valence-corrected chi connectivity index (χ4v) is 3.62. The molecule has 0 bridgehead atoms. The Morgan fingerprint density at radius 3 is 1.68 bits per heavy atom. The largest absolute Gasteiger partial charge is 0.461 e. The van der Waals surface area contributed by atoms with Gasteiger partial charge in [0.25, 0.3) is 0 Å². The lowest BCUT2D eigenvalue weighted by Crippen LogP contribution is -2.46. The third-order valence-corrected chi connectivity index (χ3v) is 6.35. The summed E-state index contributed by atoms with van der Waals surface area (Å²) in [4.78, 5) is 60.0.